The highest BCUT2D eigenvalue weighted by Crippen LogP contribution is 2.24. The molecule has 0 saturated carbocycles. The summed E-state index contributed by atoms with van der Waals surface area (Å²) in [7, 11) is 1.99. The molecular weight excluding hydrogens is 406 g/mol. The van der Waals surface area contributed by atoms with Crippen LogP contribution in [0, 0.1) is 6.92 Å². The standard InChI is InChI=1S/C23H37N7S/c1-18(20-9-6-5-7-10-20)30-14-11-21(12-15-30)26-23(24-13-8-16-31-4)25-17-22-28-27-19(2)29(22)3/h5-7,9-10,18,21H,8,11-17H2,1-4H3,(H2,24,25,26). The van der Waals surface area contributed by atoms with Gasteiger partial charge in [-0.05, 0) is 50.7 Å². The van der Waals surface area contributed by atoms with E-state index in [4.69, 9.17) is 4.99 Å². The highest BCUT2D eigenvalue weighted by Gasteiger charge is 2.24. The summed E-state index contributed by atoms with van der Waals surface area (Å²) in [6.45, 7) is 7.91. The maximum Gasteiger partial charge on any atom is 0.191 e. The van der Waals surface area contributed by atoms with Crippen LogP contribution in [0.25, 0.3) is 0 Å². The number of aliphatic imine (C=N–C) groups is 1. The Kier molecular flexibility index (Phi) is 9.21. The topological polar surface area (TPSA) is 70.4 Å². The number of benzene rings is 1. The molecule has 8 heteroatoms. The van der Waals surface area contributed by atoms with E-state index in [1.54, 1.807) is 0 Å². The number of rotatable bonds is 9. The number of aryl methyl sites for hydroxylation is 1. The maximum atomic E-state index is 4.81. The second kappa shape index (κ2) is 12.1. The maximum absolute atomic E-state index is 4.81. The molecule has 2 aromatic rings. The quantitative estimate of drug-likeness (QED) is 0.353. The van der Waals surface area contributed by atoms with Crippen molar-refractivity contribution in [1.29, 1.82) is 0 Å². The first kappa shape index (κ1) is 23.6. The van der Waals surface area contributed by atoms with Crippen LogP contribution in [0.4, 0.5) is 0 Å². The minimum atomic E-state index is 0.437. The van der Waals surface area contributed by atoms with Gasteiger partial charge < -0.3 is 15.2 Å². The van der Waals surface area contributed by atoms with Crippen molar-refractivity contribution < 1.29 is 0 Å². The molecule has 0 amide bonds. The average Bonchev–Trinajstić information content (AvgIpc) is 3.13. The van der Waals surface area contributed by atoms with Gasteiger partial charge in [0.05, 0.1) is 0 Å². The number of hydrogen-bond acceptors (Lipinski definition) is 5. The molecule has 1 aliphatic heterocycles. The van der Waals surface area contributed by atoms with Gasteiger partial charge >= 0.3 is 0 Å². The molecule has 1 fully saturated rings. The van der Waals surface area contributed by atoms with E-state index >= 15 is 0 Å². The molecular formula is C23H37N7S. The van der Waals surface area contributed by atoms with E-state index in [-0.39, 0.29) is 0 Å². The molecule has 0 bridgehead atoms. The van der Waals surface area contributed by atoms with Gasteiger partial charge in [-0.15, -0.1) is 10.2 Å². The first-order valence-electron chi connectivity index (χ1n) is 11.3. The van der Waals surface area contributed by atoms with Gasteiger partial charge in [-0.2, -0.15) is 11.8 Å². The predicted octanol–water partition coefficient (Wildman–Crippen LogP) is 3.14. The third-order valence-corrected chi connectivity index (χ3v) is 6.78. The average molecular weight is 444 g/mol. The molecule has 2 N–H and O–H groups in total. The first-order valence-corrected chi connectivity index (χ1v) is 12.7. The fourth-order valence-corrected chi connectivity index (χ4v) is 4.31. The molecule has 0 radical (unpaired) electrons. The Morgan fingerprint density at radius 2 is 1.97 bits per heavy atom. The van der Waals surface area contributed by atoms with Crippen molar-refractivity contribution in [2.45, 2.75) is 51.7 Å². The van der Waals surface area contributed by atoms with Crippen molar-refractivity contribution in [3.05, 3.63) is 47.5 Å². The van der Waals surface area contributed by atoms with Gasteiger partial charge in [0.2, 0.25) is 0 Å². The molecule has 1 saturated heterocycles. The second-order valence-corrected chi connectivity index (χ2v) is 9.19. The van der Waals surface area contributed by atoms with Crippen LogP contribution >= 0.6 is 11.8 Å². The SMILES string of the molecule is CSCCCNC(=NCc1nnc(C)n1C)NC1CCN(C(C)c2ccccc2)CC1. The lowest BCUT2D eigenvalue weighted by molar-refractivity contribution is 0.158. The third-order valence-electron chi connectivity index (χ3n) is 6.08. The predicted molar refractivity (Wildman–Crippen MR) is 130 cm³/mol. The summed E-state index contributed by atoms with van der Waals surface area (Å²) in [5, 5.41) is 15.6. The molecule has 1 aliphatic rings. The van der Waals surface area contributed by atoms with Crippen LogP contribution in [-0.4, -0.2) is 63.3 Å². The second-order valence-electron chi connectivity index (χ2n) is 8.20. The van der Waals surface area contributed by atoms with E-state index in [0.717, 1.165) is 62.3 Å². The van der Waals surface area contributed by atoms with E-state index in [1.165, 1.54) is 5.56 Å². The molecule has 2 heterocycles. The van der Waals surface area contributed by atoms with Gasteiger partial charge in [0.1, 0.15) is 12.4 Å². The number of thioether (sulfide) groups is 1. The number of hydrogen-bond donors (Lipinski definition) is 2. The van der Waals surface area contributed by atoms with Crippen molar-refractivity contribution in [3.8, 4) is 0 Å². The minimum absolute atomic E-state index is 0.437. The van der Waals surface area contributed by atoms with Gasteiger partial charge in [-0.1, -0.05) is 30.3 Å². The van der Waals surface area contributed by atoms with Gasteiger partial charge in [0.15, 0.2) is 11.8 Å². The number of nitrogens with zero attached hydrogens (tertiary/aromatic N) is 5. The Balaban J connectivity index is 1.55. The lowest BCUT2D eigenvalue weighted by atomic mass is 10.0. The molecule has 1 aromatic heterocycles. The summed E-state index contributed by atoms with van der Waals surface area (Å²) in [4.78, 5) is 7.39. The largest absolute Gasteiger partial charge is 0.356 e. The molecule has 1 aromatic carbocycles. The Labute approximate surface area is 191 Å². The van der Waals surface area contributed by atoms with Crippen LogP contribution in [0.15, 0.2) is 35.3 Å². The van der Waals surface area contributed by atoms with E-state index in [1.807, 2.05) is 30.3 Å². The van der Waals surface area contributed by atoms with Crippen LogP contribution in [0.1, 0.15) is 49.4 Å². The van der Waals surface area contributed by atoms with Crippen molar-refractivity contribution >= 4 is 17.7 Å². The summed E-state index contributed by atoms with van der Waals surface area (Å²) in [5.74, 6) is 3.83. The molecule has 1 unspecified atom stereocenters. The van der Waals surface area contributed by atoms with Crippen molar-refractivity contribution in [2.75, 3.05) is 31.6 Å². The Morgan fingerprint density at radius 1 is 1.23 bits per heavy atom. The highest BCUT2D eigenvalue weighted by molar-refractivity contribution is 7.98. The van der Waals surface area contributed by atoms with Crippen molar-refractivity contribution in [2.24, 2.45) is 12.0 Å². The van der Waals surface area contributed by atoms with Crippen LogP contribution in [-0.2, 0) is 13.6 Å². The highest BCUT2D eigenvalue weighted by atomic mass is 32.2. The number of guanidine groups is 1. The number of piperidine rings is 1. The lowest BCUT2D eigenvalue weighted by Crippen LogP contribution is -2.49. The van der Waals surface area contributed by atoms with Crippen molar-refractivity contribution in [3.63, 3.8) is 0 Å². The number of nitrogens with one attached hydrogen (secondary N) is 2. The van der Waals surface area contributed by atoms with Crippen LogP contribution < -0.4 is 10.6 Å². The molecule has 7 nitrogen and oxygen atoms in total. The summed E-state index contributed by atoms with van der Waals surface area (Å²) in [6, 6.07) is 11.7. The molecule has 0 spiro atoms. The van der Waals surface area contributed by atoms with Gasteiger partial charge in [0, 0.05) is 38.8 Å². The fraction of sp³-hybridized carbons (Fsp3) is 0.609. The number of aromatic nitrogens is 3. The molecule has 0 aliphatic carbocycles. The molecule has 3 rings (SSSR count). The molecule has 1 atom stereocenters. The van der Waals surface area contributed by atoms with Gasteiger partial charge in [-0.3, -0.25) is 4.90 Å². The zero-order chi connectivity index (χ0) is 22.1. The zero-order valence-corrected chi connectivity index (χ0v) is 20.2. The van der Waals surface area contributed by atoms with Crippen LogP contribution in [0.2, 0.25) is 0 Å². The smallest absolute Gasteiger partial charge is 0.191 e. The van der Waals surface area contributed by atoms with Gasteiger partial charge in [-0.25, -0.2) is 4.99 Å². The van der Waals surface area contributed by atoms with Crippen LogP contribution in [0.5, 0.6) is 0 Å². The van der Waals surface area contributed by atoms with E-state index in [9.17, 15) is 0 Å². The minimum Gasteiger partial charge on any atom is -0.356 e. The number of likely N-dealkylation sites (tertiary alicyclic amines) is 1. The van der Waals surface area contributed by atoms with E-state index in [0.29, 0.717) is 18.6 Å². The molecule has 170 valence electrons. The summed E-state index contributed by atoms with van der Waals surface area (Å²) < 4.78 is 2.00. The first-order chi connectivity index (χ1) is 15.1. The van der Waals surface area contributed by atoms with Gasteiger partial charge in [0.25, 0.3) is 0 Å². The van der Waals surface area contributed by atoms with Crippen molar-refractivity contribution in [1.82, 2.24) is 30.3 Å². The normalized spacial score (nSPS) is 17.0. The molecule has 31 heavy (non-hydrogen) atoms. The zero-order valence-electron chi connectivity index (χ0n) is 19.3. The fourth-order valence-electron chi connectivity index (χ4n) is 3.88. The summed E-state index contributed by atoms with van der Waals surface area (Å²) >= 11 is 1.88. The Hall–Kier alpha value is -2.06. The van der Waals surface area contributed by atoms with E-state index < -0.39 is 0 Å². The summed E-state index contributed by atoms with van der Waals surface area (Å²) in [5.41, 5.74) is 1.39. The Bertz CT molecular complexity index is 813. The Morgan fingerprint density at radius 3 is 2.61 bits per heavy atom. The summed E-state index contributed by atoms with van der Waals surface area (Å²) in [6.07, 6.45) is 5.50. The third kappa shape index (κ3) is 6.97. The monoisotopic (exact) mass is 443 g/mol. The van der Waals surface area contributed by atoms with Crippen LogP contribution in [0.3, 0.4) is 0 Å². The van der Waals surface area contributed by atoms with E-state index in [2.05, 4.69) is 69.2 Å². The lowest BCUT2D eigenvalue weighted by Gasteiger charge is -2.37.